The molecular formula is C13H8BrClS2. The van der Waals surface area contributed by atoms with Crippen molar-refractivity contribution in [1.29, 1.82) is 0 Å². The Kier molecular flexibility index (Phi) is 3.26. The molecule has 0 aliphatic heterocycles. The number of benzene rings is 1. The van der Waals surface area contributed by atoms with E-state index in [0.717, 1.165) is 10.0 Å². The molecule has 1 atom stereocenters. The fourth-order valence-electron chi connectivity index (χ4n) is 1.71. The minimum Gasteiger partial charge on any atom is -0.143 e. The van der Waals surface area contributed by atoms with E-state index in [1.807, 2.05) is 12.1 Å². The Balaban J connectivity index is 1.98. The van der Waals surface area contributed by atoms with Crippen LogP contribution < -0.4 is 0 Å². The Hall–Kier alpha value is -0.350. The number of alkyl halides is 1. The lowest BCUT2D eigenvalue weighted by atomic mass is 10.1. The lowest BCUT2D eigenvalue weighted by Crippen LogP contribution is -1.88. The highest BCUT2D eigenvalue weighted by molar-refractivity contribution is 9.10. The van der Waals surface area contributed by atoms with Crippen LogP contribution in [0.1, 0.15) is 15.8 Å². The number of hydrogen-bond acceptors (Lipinski definition) is 2. The van der Waals surface area contributed by atoms with E-state index in [1.165, 1.54) is 14.3 Å². The quantitative estimate of drug-likeness (QED) is 0.497. The molecule has 2 aromatic heterocycles. The van der Waals surface area contributed by atoms with E-state index in [1.54, 1.807) is 22.7 Å². The summed E-state index contributed by atoms with van der Waals surface area (Å²) in [7, 11) is 0. The van der Waals surface area contributed by atoms with Gasteiger partial charge >= 0.3 is 0 Å². The van der Waals surface area contributed by atoms with Crippen LogP contribution >= 0.6 is 50.2 Å². The third kappa shape index (κ3) is 2.29. The van der Waals surface area contributed by atoms with Gasteiger partial charge in [-0.05, 0) is 35.2 Å². The van der Waals surface area contributed by atoms with Crippen molar-refractivity contribution in [2.45, 2.75) is 5.38 Å². The van der Waals surface area contributed by atoms with Crippen molar-refractivity contribution < 1.29 is 0 Å². The van der Waals surface area contributed by atoms with Crippen LogP contribution in [0.2, 0.25) is 0 Å². The van der Waals surface area contributed by atoms with Crippen molar-refractivity contribution in [2.24, 2.45) is 0 Å². The smallest absolute Gasteiger partial charge is 0.0928 e. The first-order valence-electron chi connectivity index (χ1n) is 5.10. The Labute approximate surface area is 121 Å². The maximum atomic E-state index is 6.51. The summed E-state index contributed by atoms with van der Waals surface area (Å²) in [6.07, 6.45) is 0. The Morgan fingerprint density at radius 1 is 1.06 bits per heavy atom. The number of fused-ring (bicyclic) bond motifs is 1. The van der Waals surface area contributed by atoms with E-state index < -0.39 is 0 Å². The molecule has 17 heavy (non-hydrogen) atoms. The predicted octanol–water partition coefficient (Wildman–Crippen LogP) is 6.05. The molecule has 0 saturated heterocycles. The van der Waals surface area contributed by atoms with Gasteiger partial charge in [-0.1, -0.05) is 28.1 Å². The number of rotatable bonds is 2. The zero-order valence-electron chi connectivity index (χ0n) is 8.69. The lowest BCUT2D eigenvalue weighted by Gasteiger charge is -2.07. The first-order valence-corrected chi connectivity index (χ1v) is 8.03. The first kappa shape index (κ1) is 11.7. The third-order valence-corrected chi connectivity index (χ3v) is 5.87. The number of hydrogen-bond donors (Lipinski definition) is 0. The van der Waals surface area contributed by atoms with Crippen LogP contribution in [0.3, 0.4) is 0 Å². The summed E-state index contributed by atoms with van der Waals surface area (Å²) in [5.74, 6) is 0. The van der Waals surface area contributed by atoms with Gasteiger partial charge in [0.05, 0.1) is 5.38 Å². The van der Waals surface area contributed by atoms with Gasteiger partial charge in [0.1, 0.15) is 0 Å². The van der Waals surface area contributed by atoms with Crippen LogP contribution in [0.25, 0.3) is 9.40 Å². The molecule has 0 saturated carbocycles. The van der Waals surface area contributed by atoms with Crippen molar-refractivity contribution in [1.82, 2.24) is 0 Å². The van der Waals surface area contributed by atoms with Gasteiger partial charge in [-0.15, -0.1) is 34.3 Å². The second-order valence-corrected chi connectivity index (χ2v) is 7.13. The molecule has 0 radical (unpaired) electrons. The number of halogens is 2. The minimum absolute atomic E-state index is 0.0484. The molecule has 86 valence electrons. The highest BCUT2D eigenvalue weighted by Gasteiger charge is 2.14. The highest BCUT2D eigenvalue weighted by Crippen LogP contribution is 2.39. The predicted molar refractivity (Wildman–Crippen MR) is 81.5 cm³/mol. The topological polar surface area (TPSA) is 0 Å². The largest absolute Gasteiger partial charge is 0.143 e. The zero-order valence-corrected chi connectivity index (χ0v) is 12.7. The molecule has 0 bridgehead atoms. The maximum Gasteiger partial charge on any atom is 0.0928 e. The van der Waals surface area contributed by atoms with E-state index in [9.17, 15) is 0 Å². The van der Waals surface area contributed by atoms with Crippen LogP contribution in [-0.2, 0) is 0 Å². The van der Waals surface area contributed by atoms with Crippen molar-refractivity contribution in [3.63, 3.8) is 0 Å². The van der Waals surface area contributed by atoms with Crippen LogP contribution in [0, 0.1) is 0 Å². The van der Waals surface area contributed by atoms with Gasteiger partial charge in [-0.25, -0.2) is 0 Å². The van der Waals surface area contributed by atoms with E-state index in [2.05, 4.69) is 45.6 Å². The summed E-state index contributed by atoms with van der Waals surface area (Å²) < 4.78 is 3.73. The van der Waals surface area contributed by atoms with Crippen LogP contribution in [0.5, 0.6) is 0 Å². The molecule has 1 aromatic carbocycles. The van der Waals surface area contributed by atoms with E-state index in [0.29, 0.717) is 0 Å². The van der Waals surface area contributed by atoms with Gasteiger partial charge in [-0.3, -0.25) is 0 Å². The third-order valence-electron chi connectivity index (χ3n) is 2.57. The second-order valence-electron chi connectivity index (χ2n) is 3.71. The molecule has 3 aromatic rings. The SMILES string of the molecule is ClC(c1ccc(Br)cc1)c1cc2sccc2s1. The molecule has 3 rings (SSSR count). The fraction of sp³-hybridized carbons (Fsp3) is 0.0769. The van der Waals surface area contributed by atoms with E-state index in [4.69, 9.17) is 11.6 Å². The molecule has 0 fully saturated rings. The Bertz CT molecular complexity index is 610. The molecule has 1 unspecified atom stereocenters. The molecule has 0 amide bonds. The van der Waals surface area contributed by atoms with Crippen molar-refractivity contribution >= 4 is 59.6 Å². The minimum atomic E-state index is -0.0484. The number of thiophene rings is 2. The van der Waals surface area contributed by atoms with Gasteiger partial charge in [0.2, 0.25) is 0 Å². The molecule has 4 heteroatoms. The van der Waals surface area contributed by atoms with Crippen LogP contribution in [-0.4, -0.2) is 0 Å². The molecule has 0 spiro atoms. The molecule has 0 aliphatic carbocycles. The van der Waals surface area contributed by atoms with Crippen LogP contribution in [0.4, 0.5) is 0 Å². The van der Waals surface area contributed by atoms with Gasteiger partial charge in [-0.2, -0.15) is 0 Å². The molecule has 0 aliphatic rings. The van der Waals surface area contributed by atoms with E-state index in [-0.39, 0.29) is 5.38 Å². The van der Waals surface area contributed by atoms with E-state index >= 15 is 0 Å². The first-order chi connectivity index (χ1) is 8.24. The molecule has 2 heterocycles. The standard InChI is InChI=1S/C13H8BrClS2/c14-9-3-1-8(2-4-9)13(15)12-7-11-10(17-12)5-6-16-11/h1-7,13H. The lowest BCUT2D eigenvalue weighted by molar-refractivity contribution is 1.18. The Morgan fingerprint density at radius 3 is 2.53 bits per heavy atom. The average molecular weight is 344 g/mol. The summed E-state index contributed by atoms with van der Waals surface area (Å²) >= 11 is 13.5. The summed E-state index contributed by atoms with van der Waals surface area (Å²) in [6.45, 7) is 0. The average Bonchev–Trinajstić information content (AvgIpc) is 2.89. The summed E-state index contributed by atoms with van der Waals surface area (Å²) in [4.78, 5) is 1.22. The van der Waals surface area contributed by atoms with Crippen LogP contribution in [0.15, 0.2) is 46.3 Å². The zero-order chi connectivity index (χ0) is 11.8. The van der Waals surface area contributed by atoms with Gasteiger partial charge in [0.25, 0.3) is 0 Å². The maximum absolute atomic E-state index is 6.51. The summed E-state index contributed by atoms with van der Waals surface area (Å²) in [5.41, 5.74) is 1.14. The molecule has 0 N–H and O–H groups in total. The van der Waals surface area contributed by atoms with Gasteiger partial charge < -0.3 is 0 Å². The normalized spacial score (nSPS) is 13.1. The van der Waals surface area contributed by atoms with Crippen molar-refractivity contribution in [3.05, 3.63) is 56.7 Å². The molecular weight excluding hydrogens is 336 g/mol. The highest BCUT2D eigenvalue weighted by atomic mass is 79.9. The van der Waals surface area contributed by atoms with Crippen molar-refractivity contribution in [3.8, 4) is 0 Å². The van der Waals surface area contributed by atoms with Gasteiger partial charge in [0, 0.05) is 18.7 Å². The Morgan fingerprint density at radius 2 is 1.82 bits per heavy atom. The van der Waals surface area contributed by atoms with Gasteiger partial charge in [0.15, 0.2) is 0 Å². The summed E-state index contributed by atoms with van der Waals surface area (Å²) in [6, 6.07) is 12.5. The second kappa shape index (κ2) is 4.73. The monoisotopic (exact) mass is 342 g/mol. The van der Waals surface area contributed by atoms with Crippen molar-refractivity contribution in [2.75, 3.05) is 0 Å². The summed E-state index contributed by atoms with van der Waals surface area (Å²) in [5, 5.41) is 2.07. The molecule has 0 nitrogen and oxygen atoms in total. The fourth-order valence-corrected chi connectivity index (χ4v) is 4.44.